The smallest absolute Gasteiger partial charge is 0.224 e. The van der Waals surface area contributed by atoms with E-state index in [1.165, 1.54) is 38.5 Å². The third-order valence-electron chi connectivity index (χ3n) is 8.61. The number of rotatable bonds is 11. The summed E-state index contributed by atoms with van der Waals surface area (Å²) in [6.45, 7) is 11.0. The quantitative estimate of drug-likeness (QED) is 0.261. The number of nitrogens with zero attached hydrogens (tertiary/aromatic N) is 1. The lowest BCUT2D eigenvalue weighted by Gasteiger charge is -2.56. The molecule has 0 saturated heterocycles. The number of benzene rings is 1. The molecule has 4 aliphatic carbocycles. The third kappa shape index (κ3) is 5.72. The Morgan fingerprint density at radius 2 is 1.80 bits per heavy atom. The highest BCUT2D eigenvalue weighted by Gasteiger charge is 2.51. The highest BCUT2D eigenvalue weighted by Crippen LogP contribution is 2.61. The molecule has 3 N–H and O–H groups in total. The van der Waals surface area contributed by atoms with Crippen LogP contribution in [0.2, 0.25) is 0 Å². The van der Waals surface area contributed by atoms with Crippen molar-refractivity contribution in [1.29, 1.82) is 0 Å². The van der Waals surface area contributed by atoms with E-state index in [4.69, 9.17) is 4.98 Å². The predicted molar refractivity (Wildman–Crippen MR) is 146 cm³/mol. The van der Waals surface area contributed by atoms with Gasteiger partial charge in [0, 0.05) is 31.4 Å². The standard InChI is InChI=1S/C30H42N4O/c1-4-10-29(2,3)20-31-11-12-32-27-9-8-24-25(33-27)6-5-7-26(24)34-28(35)19-30-16-21-13-22(17-30)15-23(14-21)18-30/h4-9,21-23,31H,1,10-20H2,2-3H3,(H,32,33)(H,34,35). The van der Waals surface area contributed by atoms with Gasteiger partial charge in [-0.05, 0) is 97.8 Å². The number of hydrogen-bond donors (Lipinski definition) is 3. The largest absolute Gasteiger partial charge is 0.369 e. The zero-order valence-electron chi connectivity index (χ0n) is 21.5. The third-order valence-corrected chi connectivity index (χ3v) is 8.61. The van der Waals surface area contributed by atoms with Crippen molar-refractivity contribution in [2.75, 3.05) is 30.3 Å². The van der Waals surface area contributed by atoms with E-state index in [1.807, 2.05) is 30.3 Å². The fourth-order valence-electron chi connectivity index (χ4n) is 7.57. The summed E-state index contributed by atoms with van der Waals surface area (Å²) in [5, 5.41) is 11.2. The lowest BCUT2D eigenvalue weighted by atomic mass is 9.49. The minimum atomic E-state index is 0.173. The Bertz CT molecular complexity index is 1040. The number of nitrogens with one attached hydrogen (secondary N) is 3. The van der Waals surface area contributed by atoms with Gasteiger partial charge in [0.2, 0.25) is 5.91 Å². The summed E-state index contributed by atoms with van der Waals surface area (Å²) in [5.74, 6) is 3.65. The Kier molecular flexibility index (Phi) is 6.89. The SMILES string of the molecule is C=CCC(C)(C)CNCCNc1ccc2c(NC(=O)CC34CC5CC(CC(C5)C3)C4)cccc2n1. The average Bonchev–Trinajstić information content (AvgIpc) is 2.77. The van der Waals surface area contributed by atoms with Crippen LogP contribution in [0, 0.1) is 28.6 Å². The summed E-state index contributed by atoms with van der Waals surface area (Å²) < 4.78 is 0. The topological polar surface area (TPSA) is 66.0 Å². The number of fused-ring (bicyclic) bond motifs is 1. The molecule has 2 aromatic rings. The van der Waals surface area contributed by atoms with E-state index >= 15 is 0 Å². The van der Waals surface area contributed by atoms with Crippen LogP contribution in [0.4, 0.5) is 11.5 Å². The molecule has 0 spiro atoms. The molecule has 1 amide bonds. The molecule has 1 heterocycles. The van der Waals surface area contributed by atoms with Crippen LogP contribution in [-0.4, -0.2) is 30.5 Å². The van der Waals surface area contributed by atoms with Crippen LogP contribution in [0.5, 0.6) is 0 Å². The fourth-order valence-corrected chi connectivity index (χ4v) is 7.57. The number of allylic oxidation sites excluding steroid dienone is 1. The van der Waals surface area contributed by atoms with E-state index in [9.17, 15) is 4.79 Å². The van der Waals surface area contributed by atoms with Gasteiger partial charge in [0.15, 0.2) is 0 Å². The first-order valence-corrected chi connectivity index (χ1v) is 13.6. The molecule has 5 heteroatoms. The van der Waals surface area contributed by atoms with Gasteiger partial charge in [0.25, 0.3) is 0 Å². The Hall–Kier alpha value is -2.40. The summed E-state index contributed by atoms with van der Waals surface area (Å²) in [5.41, 5.74) is 2.26. The van der Waals surface area contributed by atoms with Crippen LogP contribution in [-0.2, 0) is 4.79 Å². The first kappa shape index (κ1) is 24.3. The molecule has 4 fully saturated rings. The molecule has 4 saturated carbocycles. The van der Waals surface area contributed by atoms with E-state index in [0.717, 1.165) is 66.2 Å². The van der Waals surface area contributed by atoms with Crippen molar-refractivity contribution in [3.05, 3.63) is 43.0 Å². The first-order valence-electron chi connectivity index (χ1n) is 13.6. The van der Waals surface area contributed by atoms with Crippen LogP contribution in [0.15, 0.2) is 43.0 Å². The van der Waals surface area contributed by atoms with Gasteiger partial charge in [-0.15, -0.1) is 6.58 Å². The Labute approximate surface area is 210 Å². The number of anilines is 2. The van der Waals surface area contributed by atoms with Crippen molar-refractivity contribution in [1.82, 2.24) is 10.3 Å². The number of pyridine rings is 1. The van der Waals surface area contributed by atoms with Crippen molar-refractivity contribution in [2.45, 2.75) is 65.2 Å². The van der Waals surface area contributed by atoms with E-state index in [2.05, 4.69) is 42.4 Å². The monoisotopic (exact) mass is 474 g/mol. The molecular weight excluding hydrogens is 432 g/mol. The second-order valence-electron chi connectivity index (χ2n) is 12.5. The van der Waals surface area contributed by atoms with Gasteiger partial charge < -0.3 is 16.0 Å². The molecule has 0 unspecified atom stereocenters. The van der Waals surface area contributed by atoms with E-state index in [0.29, 0.717) is 6.42 Å². The van der Waals surface area contributed by atoms with Gasteiger partial charge in [0.05, 0.1) is 11.2 Å². The van der Waals surface area contributed by atoms with Crippen molar-refractivity contribution in [3.8, 4) is 0 Å². The van der Waals surface area contributed by atoms with Gasteiger partial charge in [-0.25, -0.2) is 4.98 Å². The summed E-state index contributed by atoms with van der Waals surface area (Å²) in [6, 6.07) is 10.1. The lowest BCUT2D eigenvalue weighted by molar-refractivity contribution is -0.124. The van der Waals surface area contributed by atoms with Crippen LogP contribution >= 0.6 is 0 Å². The Balaban J connectivity index is 1.16. The zero-order chi connectivity index (χ0) is 24.5. The molecule has 1 aromatic carbocycles. The number of hydrogen-bond acceptors (Lipinski definition) is 4. The lowest BCUT2D eigenvalue weighted by Crippen LogP contribution is -2.47. The molecule has 35 heavy (non-hydrogen) atoms. The van der Waals surface area contributed by atoms with E-state index in [-0.39, 0.29) is 16.7 Å². The number of aromatic nitrogens is 1. The van der Waals surface area contributed by atoms with E-state index < -0.39 is 0 Å². The number of carbonyl (C=O) groups is 1. The van der Waals surface area contributed by atoms with Gasteiger partial charge in [-0.1, -0.05) is 26.0 Å². The Morgan fingerprint density at radius 1 is 1.09 bits per heavy atom. The van der Waals surface area contributed by atoms with Crippen molar-refractivity contribution in [3.63, 3.8) is 0 Å². The summed E-state index contributed by atoms with van der Waals surface area (Å²) in [4.78, 5) is 18.0. The zero-order valence-corrected chi connectivity index (χ0v) is 21.5. The minimum absolute atomic E-state index is 0.173. The van der Waals surface area contributed by atoms with Crippen LogP contribution in [0.3, 0.4) is 0 Å². The Morgan fingerprint density at radius 3 is 2.49 bits per heavy atom. The molecule has 0 atom stereocenters. The van der Waals surface area contributed by atoms with Crippen LogP contribution in [0.1, 0.15) is 65.2 Å². The molecule has 0 radical (unpaired) electrons. The van der Waals surface area contributed by atoms with Crippen molar-refractivity contribution in [2.24, 2.45) is 28.6 Å². The molecule has 188 valence electrons. The summed E-state index contributed by atoms with van der Waals surface area (Å²) in [6.07, 6.45) is 11.7. The van der Waals surface area contributed by atoms with E-state index in [1.54, 1.807) is 0 Å². The normalized spacial score (nSPS) is 27.2. The molecule has 4 aliphatic rings. The molecule has 1 aromatic heterocycles. The molecule has 6 rings (SSSR count). The maximum absolute atomic E-state index is 13.2. The average molecular weight is 475 g/mol. The maximum Gasteiger partial charge on any atom is 0.224 e. The molecular formula is C30H42N4O. The number of amides is 1. The van der Waals surface area contributed by atoms with Crippen molar-refractivity contribution < 1.29 is 4.79 Å². The predicted octanol–water partition coefficient (Wildman–Crippen LogP) is 6.38. The fraction of sp³-hybridized carbons (Fsp3) is 0.600. The van der Waals surface area contributed by atoms with Crippen molar-refractivity contribution >= 4 is 28.3 Å². The maximum atomic E-state index is 13.2. The summed E-state index contributed by atoms with van der Waals surface area (Å²) in [7, 11) is 0. The first-order chi connectivity index (χ1) is 16.8. The number of carbonyl (C=O) groups excluding carboxylic acids is 1. The van der Waals surface area contributed by atoms with Gasteiger partial charge >= 0.3 is 0 Å². The van der Waals surface area contributed by atoms with Crippen LogP contribution in [0.25, 0.3) is 10.9 Å². The molecule has 0 aliphatic heterocycles. The minimum Gasteiger partial charge on any atom is -0.369 e. The highest BCUT2D eigenvalue weighted by atomic mass is 16.1. The molecule has 4 bridgehead atoms. The van der Waals surface area contributed by atoms with Crippen LogP contribution < -0.4 is 16.0 Å². The second kappa shape index (κ2) is 9.93. The summed E-state index contributed by atoms with van der Waals surface area (Å²) >= 11 is 0. The molecule has 5 nitrogen and oxygen atoms in total. The highest BCUT2D eigenvalue weighted by molar-refractivity contribution is 6.01. The van der Waals surface area contributed by atoms with Gasteiger partial charge in [0.1, 0.15) is 5.82 Å². The second-order valence-corrected chi connectivity index (χ2v) is 12.5. The van der Waals surface area contributed by atoms with Gasteiger partial charge in [-0.2, -0.15) is 0 Å². The van der Waals surface area contributed by atoms with Gasteiger partial charge in [-0.3, -0.25) is 4.79 Å².